The number of rotatable bonds is 6. The summed E-state index contributed by atoms with van der Waals surface area (Å²) in [6.07, 6.45) is 1.56. The maximum Gasteiger partial charge on any atom is 0.259 e. The summed E-state index contributed by atoms with van der Waals surface area (Å²) in [6.45, 7) is 6.42. The predicted octanol–water partition coefficient (Wildman–Crippen LogP) is 3.49. The van der Waals surface area contributed by atoms with Crippen molar-refractivity contribution in [1.29, 1.82) is 0 Å². The number of amides is 1. The monoisotopic (exact) mass is 416 g/mol. The first kappa shape index (κ1) is 21.0. The van der Waals surface area contributed by atoms with Crippen LogP contribution in [0.3, 0.4) is 0 Å². The van der Waals surface area contributed by atoms with Crippen molar-refractivity contribution in [2.75, 3.05) is 18.4 Å². The van der Waals surface area contributed by atoms with Gasteiger partial charge < -0.3 is 5.32 Å². The van der Waals surface area contributed by atoms with E-state index < -0.39 is 0 Å². The van der Waals surface area contributed by atoms with E-state index >= 15 is 0 Å². The number of fused-ring (bicyclic) bond motifs is 1. The van der Waals surface area contributed by atoms with Gasteiger partial charge in [-0.05, 0) is 24.6 Å². The molecule has 0 bridgehead atoms. The van der Waals surface area contributed by atoms with E-state index in [9.17, 15) is 9.59 Å². The molecule has 1 aliphatic heterocycles. The van der Waals surface area contributed by atoms with Crippen LogP contribution in [0.2, 0.25) is 0 Å². The third-order valence-electron chi connectivity index (χ3n) is 5.85. The van der Waals surface area contributed by atoms with Crippen molar-refractivity contribution in [1.82, 2.24) is 14.5 Å². The summed E-state index contributed by atoms with van der Waals surface area (Å²) in [5, 5.41) is 2.98. The maximum atomic E-state index is 13.5. The average Bonchev–Trinajstić information content (AvgIpc) is 2.81. The summed E-state index contributed by atoms with van der Waals surface area (Å²) in [5.74, 6) is 0.318. The Morgan fingerprint density at radius 1 is 1.06 bits per heavy atom. The largest absolute Gasteiger partial charge is 0.324 e. The van der Waals surface area contributed by atoms with Crippen molar-refractivity contribution >= 4 is 11.6 Å². The average molecular weight is 417 g/mol. The van der Waals surface area contributed by atoms with E-state index in [0.29, 0.717) is 17.9 Å². The van der Waals surface area contributed by atoms with E-state index in [1.54, 1.807) is 0 Å². The molecule has 0 spiro atoms. The van der Waals surface area contributed by atoms with Crippen LogP contribution < -0.4 is 10.9 Å². The second-order valence-electron chi connectivity index (χ2n) is 7.80. The number of aryl methyl sites for hydroxylation is 1. The van der Waals surface area contributed by atoms with Gasteiger partial charge in [0.05, 0.1) is 11.3 Å². The lowest BCUT2D eigenvalue weighted by Crippen LogP contribution is -2.39. The lowest BCUT2D eigenvalue weighted by atomic mass is 10.1. The lowest BCUT2D eigenvalue weighted by Gasteiger charge is -2.27. The van der Waals surface area contributed by atoms with Crippen LogP contribution in [0.5, 0.6) is 0 Å². The topological polar surface area (TPSA) is 67.2 Å². The molecule has 31 heavy (non-hydrogen) atoms. The van der Waals surface area contributed by atoms with E-state index in [4.69, 9.17) is 4.98 Å². The fraction of sp³-hybridized carbons (Fsp3) is 0.320. The number of carbonyl (C=O) groups excluding carboxylic acids is 1. The van der Waals surface area contributed by atoms with Crippen LogP contribution in [0.25, 0.3) is 11.4 Å². The fourth-order valence-electron chi connectivity index (χ4n) is 4.08. The Morgan fingerprint density at radius 2 is 1.81 bits per heavy atom. The first-order valence-corrected chi connectivity index (χ1v) is 10.9. The zero-order chi connectivity index (χ0) is 21.8. The summed E-state index contributed by atoms with van der Waals surface area (Å²) in [4.78, 5) is 33.6. The summed E-state index contributed by atoms with van der Waals surface area (Å²) >= 11 is 0. The molecule has 0 aliphatic carbocycles. The molecule has 0 saturated carbocycles. The molecule has 2 aromatic carbocycles. The highest BCUT2D eigenvalue weighted by Crippen LogP contribution is 2.21. The number of benzene rings is 2. The molecule has 1 amide bonds. The molecule has 2 heterocycles. The smallest absolute Gasteiger partial charge is 0.259 e. The molecule has 1 aromatic heterocycles. The minimum Gasteiger partial charge on any atom is -0.324 e. The van der Waals surface area contributed by atoms with Gasteiger partial charge >= 0.3 is 0 Å². The van der Waals surface area contributed by atoms with Gasteiger partial charge in [-0.2, -0.15) is 0 Å². The molecule has 6 heteroatoms. The predicted molar refractivity (Wildman–Crippen MR) is 123 cm³/mol. The van der Waals surface area contributed by atoms with E-state index in [1.807, 2.05) is 54.6 Å². The first-order valence-electron chi connectivity index (χ1n) is 10.9. The minimum absolute atomic E-state index is 0.0759. The Bertz CT molecular complexity index is 1140. The highest BCUT2D eigenvalue weighted by molar-refractivity contribution is 5.91. The Labute approximate surface area is 182 Å². The fourth-order valence-corrected chi connectivity index (χ4v) is 4.08. The Kier molecular flexibility index (Phi) is 6.28. The van der Waals surface area contributed by atoms with Crippen molar-refractivity contribution in [2.45, 2.75) is 39.8 Å². The van der Waals surface area contributed by atoms with Crippen molar-refractivity contribution in [3.63, 3.8) is 0 Å². The van der Waals surface area contributed by atoms with E-state index in [2.05, 4.69) is 24.1 Å². The normalized spacial score (nSPS) is 13.6. The van der Waals surface area contributed by atoms with Gasteiger partial charge in [0, 0.05) is 30.8 Å². The zero-order valence-electron chi connectivity index (χ0n) is 18.1. The van der Waals surface area contributed by atoms with Crippen LogP contribution in [-0.2, 0) is 30.7 Å². The van der Waals surface area contributed by atoms with Crippen molar-refractivity contribution in [3.05, 3.63) is 81.8 Å². The van der Waals surface area contributed by atoms with Gasteiger partial charge in [0.1, 0.15) is 12.4 Å². The maximum absolute atomic E-state index is 13.5. The molecule has 0 unspecified atom stereocenters. The lowest BCUT2D eigenvalue weighted by molar-refractivity contribution is -0.116. The van der Waals surface area contributed by atoms with Gasteiger partial charge in [-0.15, -0.1) is 0 Å². The van der Waals surface area contributed by atoms with E-state index in [0.717, 1.165) is 48.4 Å². The Morgan fingerprint density at radius 3 is 2.55 bits per heavy atom. The van der Waals surface area contributed by atoms with E-state index in [-0.39, 0.29) is 18.0 Å². The highest BCUT2D eigenvalue weighted by Gasteiger charge is 2.24. The Hall–Kier alpha value is -3.25. The molecule has 4 rings (SSSR count). The molecular formula is C25H28N4O2. The summed E-state index contributed by atoms with van der Waals surface area (Å²) in [6, 6.07) is 17.4. The van der Waals surface area contributed by atoms with Crippen LogP contribution >= 0.6 is 0 Å². The summed E-state index contributed by atoms with van der Waals surface area (Å²) < 4.78 is 1.53. The van der Waals surface area contributed by atoms with Crippen LogP contribution in [-0.4, -0.2) is 33.4 Å². The number of likely N-dealkylation sites (N-methyl/N-ethyl adjacent to an activating group) is 1. The van der Waals surface area contributed by atoms with Gasteiger partial charge in [0.15, 0.2) is 0 Å². The van der Waals surface area contributed by atoms with Gasteiger partial charge in [-0.1, -0.05) is 62.4 Å². The number of nitrogens with zero attached hydrogens (tertiary/aromatic N) is 3. The number of hydrogen-bond acceptors (Lipinski definition) is 4. The SMILES string of the molecule is CCc1ccccc1NC(=O)Cn1c(-c2ccccc2)nc2c(c1=O)CN(CC)CC2. The minimum atomic E-state index is -0.231. The van der Waals surface area contributed by atoms with Crippen LogP contribution in [0, 0.1) is 0 Å². The second kappa shape index (κ2) is 9.27. The second-order valence-corrected chi connectivity index (χ2v) is 7.80. The van der Waals surface area contributed by atoms with Crippen LogP contribution in [0.4, 0.5) is 5.69 Å². The quantitative estimate of drug-likeness (QED) is 0.668. The number of para-hydroxylation sites is 1. The first-order chi connectivity index (χ1) is 15.1. The van der Waals surface area contributed by atoms with Gasteiger partial charge in [-0.25, -0.2) is 4.98 Å². The summed E-state index contributed by atoms with van der Waals surface area (Å²) in [5.41, 5.74) is 4.11. The molecule has 0 atom stereocenters. The van der Waals surface area contributed by atoms with Gasteiger partial charge in [0.25, 0.3) is 5.56 Å². The van der Waals surface area contributed by atoms with Crippen LogP contribution in [0.15, 0.2) is 59.4 Å². The molecule has 1 aliphatic rings. The highest BCUT2D eigenvalue weighted by atomic mass is 16.2. The third-order valence-corrected chi connectivity index (χ3v) is 5.85. The molecule has 1 N–H and O–H groups in total. The number of aromatic nitrogens is 2. The van der Waals surface area contributed by atoms with Gasteiger partial charge in [-0.3, -0.25) is 19.1 Å². The number of hydrogen-bond donors (Lipinski definition) is 1. The number of nitrogens with one attached hydrogen (secondary N) is 1. The molecule has 6 nitrogen and oxygen atoms in total. The zero-order valence-corrected chi connectivity index (χ0v) is 18.1. The Balaban J connectivity index is 1.73. The van der Waals surface area contributed by atoms with Crippen molar-refractivity contribution in [3.8, 4) is 11.4 Å². The molecule has 0 radical (unpaired) electrons. The molecule has 160 valence electrons. The van der Waals surface area contributed by atoms with Crippen molar-refractivity contribution in [2.24, 2.45) is 0 Å². The van der Waals surface area contributed by atoms with E-state index in [1.165, 1.54) is 4.57 Å². The third kappa shape index (κ3) is 4.44. The summed E-state index contributed by atoms with van der Waals surface area (Å²) in [7, 11) is 0. The molecule has 0 saturated heterocycles. The number of carbonyl (C=O) groups is 1. The van der Waals surface area contributed by atoms with Crippen molar-refractivity contribution < 1.29 is 4.79 Å². The number of anilines is 1. The molecule has 0 fully saturated rings. The van der Waals surface area contributed by atoms with Gasteiger partial charge in [0.2, 0.25) is 5.91 Å². The standard InChI is InChI=1S/C25H28N4O2/c1-3-18-10-8-9-13-21(18)26-23(30)17-29-24(19-11-6-5-7-12-19)27-22-14-15-28(4-2)16-20(22)25(29)31/h5-13H,3-4,14-17H2,1-2H3,(H,26,30). The molecular weight excluding hydrogens is 388 g/mol. The molecule has 3 aromatic rings. The van der Waals surface area contributed by atoms with Crippen LogP contribution in [0.1, 0.15) is 30.7 Å².